The monoisotopic (exact) mass is 365 g/mol. The van der Waals surface area contributed by atoms with Gasteiger partial charge in [0.1, 0.15) is 12.1 Å². The van der Waals surface area contributed by atoms with Crippen molar-refractivity contribution in [1.82, 2.24) is 15.1 Å². The summed E-state index contributed by atoms with van der Waals surface area (Å²) < 4.78 is 5.78. The van der Waals surface area contributed by atoms with Gasteiger partial charge >= 0.3 is 6.03 Å². The van der Waals surface area contributed by atoms with E-state index in [9.17, 15) is 14.4 Å². The molecule has 4 amide bonds. The molecule has 7 heteroatoms. The van der Waals surface area contributed by atoms with E-state index in [2.05, 4.69) is 12.2 Å². The van der Waals surface area contributed by atoms with Crippen LogP contribution in [0.3, 0.4) is 0 Å². The summed E-state index contributed by atoms with van der Waals surface area (Å²) in [4.78, 5) is 41.0. The minimum Gasteiger partial charge on any atom is -0.376 e. The lowest BCUT2D eigenvalue weighted by atomic mass is 9.73. The Morgan fingerprint density at radius 3 is 2.81 bits per heavy atom. The maximum absolute atomic E-state index is 13.0. The predicted octanol–water partition coefficient (Wildman–Crippen LogP) is 1.90. The van der Waals surface area contributed by atoms with Gasteiger partial charge in [0.15, 0.2) is 0 Å². The van der Waals surface area contributed by atoms with Gasteiger partial charge in [-0.05, 0) is 38.0 Å². The van der Waals surface area contributed by atoms with Crippen LogP contribution < -0.4 is 5.32 Å². The lowest BCUT2D eigenvalue weighted by Gasteiger charge is -2.37. The van der Waals surface area contributed by atoms with Gasteiger partial charge in [-0.2, -0.15) is 0 Å². The lowest BCUT2D eigenvalue weighted by molar-refractivity contribution is -0.142. The first-order valence-corrected chi connectivity index (χ1v) is 10.0. The van der Waals surface area contributed by atoms with Gasteiger partial charge in [-0.15, -0.1) is 0 Å². The van der Waals surface area contributed by atoms with Crippen molar-refractivity contribution < 1.29 is 19.1 Å². The van der Waals surface area contributed by atoms with Crippen molar-refractivity contribution in [2.75, 3.05) is 26.2 Å². The molecule has 1 N–H and O–H groups in total. The first-order chi connectivity index (χ1) is 12.5. The molecule has 0 bridgehead atoms. The van der Waals surface area contributed by atoms with E-state index in [1.54, 1.807) is 4.90 Å². The summed E-state index contributed by atoms with van der Waals surface area (Å²) in [6, 6.07) is -0.423. The van der Waals surface area contributed by atoms with Crippen LogP contribution in [0.2, 0.25) is 0 Å². The molecule has 1 spiro atoms. The number of nitrogens with zero attached hydrogens (tertiary/aromatic N) is 2. The Labute approximate surface area is 155 Å². The highest BCUT2D eigenvalue weighted by atomic mass is 16.5. The number of amides is 4. The largest absolute Gasteiger partial charge is 0.376 e. The Bertz CT molecular complexity index is 567. The van der Waals surface area contributed by atoms with Crippen molar-refractivity contribution in [3.8, 4) is 0 Å². The Balaban J connectivity index is 1.62. The summed E-state index contributed by atoms with van der Waals surface area (Å²) in [7, 11) is 0. The molecule has 7 nitrogen and oxygen atoms in total. The van der Waals surface area contributed by atoms with Crippen LogP contribution in [0.25, 0.3) is 0 Å². The minimum atomic E-state index is -0.801. The number of hydrogen-bond acceptors (Lipinski definition) is 4. The SMILES string of the molecule is CCCO[C@@H]1CCCN(C(=O)CN2C(=O)N[C@@]3(CCCC[C@@H]3C)C2=O)C1. The molecule has 3 atom stereocenters. The molecule has 3 rings (SSSR count). The van der Waals surface area contributed by atoms with Gasteiger partial charge in [-0.1, -0.05) is 26.7 Å². The van der Waals surface area contributed by atoms with Crippen LogP contribution in [0, 0.1) is 5.92 Å². The number of carbonyl (C=O) groups is 3. The number of urea groups is 1. The van der Waals surface area contributed by atoms with Crippen molar-refractivity contribution in [1.29, 1.82) is 0 Å². The van der Waals surface area contributed by atoms with Crippen molar-refractivity contribution in [2.24, 2.45) is 5.92 Å². The topological polar surface area (TPSA) is 79.0 Å². The van der Waals surface area contributed by atoms with Crippen LogP contribution >= 0.6 is 0 Å². The van der Waals surface area contributed by atoms with E-state index in [1.807, 2.05) is 6.92 Å². The molecule has 3 fully saturated rings. The minimum absolute atomic E-state index is 0.0560. The molecular weight excluding hydrogens is 334 g/mol. The van der Waals surface area contributed by atoms with E-state index in [1.165, 1.54) is 0 Å². The first kappa shape index (κ1) is 19.1. The van der Waals surface area contributed by atoms with Gasteiger partial charge in [-0.3, -0.25) is 14.5 Å². The first-order valence-electron chi connectivity index (χ1n) is 10.0. The summed E-state index contributed by atoms with van der Waals surface area (Å²) in [6.45, 7) is 5.81. The zero-order valence-electron chi connectivity index (χ0n) is 16.0. The van der Waals surface area contributed by atoms with Crippen molar-refractivity contribution in [2.45, 2.75) is 70.4 Å². The molecule has 1 saturated carbocycles. The maximum Gasteiger partial charge on any atom is 0.325 e. The second-order valence-corrected chi connectivity index (χ2v) is 7.91. The molecule has 0 unspecified atom stereocenters. The highest BCUT2D eigenvalue weighted by Crippen LogP contribution is 2.38. The number of hydrogen-bond donors (Lipinski definition) is 1. The zero-order valence-corrected chi connectivity index (χ0v) is 16.0. The number of likely N-dealkylation sites (tertiary alicyclic amines) is 1. The van der Waals surface area contributed by atoms with E-state index < -0.39 is 11.6 Å². The van der Waals surface area contributed by atoms with Gasteiger partial charge in [0.2, 0.25) is 5.91 Å². The van der Waals surface area contributed by atoms with Crippen molar-refractivity contribution >= 4 is 17.8 Å². The number of carbonyl (C=O) groups excluding carboxylic acids is 3. The molecular formula is C19H31N3O4. The van der Waals surface area contributed by atoms with Gasteiger partial charge < -0.3 is 15.0 Å². The summed E-state index contributed by atoms with van der Waals surface area (Å²) >= 11 is 0. The van der Waals surface area contributed by atoms with E-state index in [4.69, 9.17) is 4.74 Å². The van der Waals surface area contributed by atoms with Crippen LogP contribution in [0.5, 0.6) is 0 Å². The number of ether oxygens (including phenoxy) is 1. The number of nitrogens with one attached hydrogen (secondary N) is 1. The smallest absolute Gasteiger partial charge is 0.325 e. The fraction of sp³-hybridized carbons (Fsp3) is 0.842. The quantitative estimate of drug-likeness (QED) is 0.755. The predicted molar refractivity (Wildman–Crippen MR) is 96.5 cm³/mol. The second kappa shape index (κ2) is 7.94. The Morgan fingerprint density at radius 2 is 2.08 bits per heavy atom. The van der Waals surface area contributed by atoms with Crippen LogP contribution in [-0.4, -0.2) is 65.5 Å². The summed E-state index contributed by atoms with van der Waals surface area (Å²) in [5.41, 5.74) is -0.801. The molecule has 0 aromatic heterocycles. The second-order valence-electron chi connectivity index (χ2n) is 7.91. The summed E-state index contributed by atoms with van der Waals surface area (Å²) in [5.74, 6) is -0.285. The average molecular weight is 365 g/mol. The van der Waals surface area contributed by atoms with Gasteiger partial charge in [-0.25, -0.2) is 4.79 Å². The molecule has 1 aliphatic carbocycles. The van der Waals surface area contributed by atoms with Crippen molar-refractivity contribution in [3.63, 3.8) is 0 Å². The summed E-state index contributed by atoms with van der Waals surface area (Å²) in [5, 5.41) is 2.91. The molecule has 0 aromatic carbocycles. The van der Waals surface area contributed by atoms with E-state index >= 15 is 0 Å². The number of rotatable bonds is 5. The van der Waals surface area contributed by atoms with Gasteiger partial charge in [0.05, 0.1) is 6.10 Å². The van der Waals surface area contributed by atoms with Crippen LogP contribution in [0.15, 0.2) is 0 Å². The van der Waals surface area contributed by atoms with E-state index in [0.29, 0.717) is 26.1 Å². The van der Waals surface area contributed by atoms with E-state index in [0.717, 1.165) is 43.4 Å². The third-order valence-corrected chi connectivity index (χ3v) is 6.08. The van der Waals surface area contributed by atoms with Crippen LogP contribution in [0.4, 0.5) is 4.79 Å². The highest BCUT2D eigenvalue weighted by molar-refractivity contribution is 6.09. The van der Waals surface area contributed by atoms with E-state index in [-0.39, 0.29) is 30.4 Å². The molecule has 26 heavy (non-hydrogen) atoms. The zero-order chi connectivity index (χ0) is 18.7. The fourth-order valence-corrected chi connectivity index (χ4v) is 4.46. The van der Waals surface area contributed by atoms with Crippen LogP contribution in [-0.2, 0) is 14.3 Å². The molecule has 0 radical (unpaired) electrons. The Hall–Kier alpha value is -1.63. The molecule has 0 aromatic rings. The number of piperidine rings is 1. The molecule has 2 saturated heterocycles. The Morgan fingerprint density at radius 1 is 1.27 bits per heavy atom. The average Bonchev–Trinajstić information content (AvgIpc) is 2.87. The molecule has 2 heterocycles. The Kier molecular flexibility index (Phi) is 5.85. The highest BCUT2D eigenvalue weighted by Gasteiger charge is 2.55. The standard InChI is InChI=1S/C19H31N3O4/c1-3-11-26-15-8-6-10-21(12-15)16(23)13-22-17(24)19(20-18(22)25)9-5-4-7-14(19)2/h14-15H,3-13H2,1-2H3,(H,20,25)/t14-,15+,19+/m0/s1. The van der Waals surface area contributed by atoms with Crippen LogP contribution in [0.1, 0.15) is 58.8 Å². The lowest BCUT2D eigenvalue weighted by Crippen LogP contribution is -2.54. The van der Waals surface area contributed by atoms with Crippen molar-refractivity contribution in [3.05, 3.63) is 0 Å². The fourth-order valence-electron chi connectivity index (χ4n) is 4.46. The van der Waals surface area contributed by atoms with Gasteiger partial charge in [0, 0.05) is 19.7 Å². The molecule has 2 aliphatic heterocycles. The summed E-state index contributed by atoms with van der Waals surface area (Å²) in [6.07, 6.45) is 6.46. The third-order valence-electron chi connectivity index (χ3n) is 6.08. The molecule has 146 valence electrons. The van der Waals surface area contributed by atoms with Gasteiger partial charge in [0.25, 0.3) is 5.91 Å². The maximum atomic E-state index is 13.0. The number of imide groups is 1. The normalized spacial score (nSPS) is 32.2. The molecule has 3 aliphatic rings. The third kappa shape index (κ3) is 3.59.